The standard InChI is InChI=1S/C19H15Cl2N5OS2/c1-27-14-4-2-3-11(7-14)18-23-13(9-28-18)10-29-19-25-24-17(26(19)22)15-6-5-12(20)8-16(15)21/h2-9H,10,22H2,1H3. The first kappa shape index (κ1) is 20.0. The molecule has 0 spiro atoms. The molecule has 2 aromatic carbocycles. The molecule has 2 N–H and O–H groups in total. The first-order valence-corrected chi connectivity index (χ1v) is 11.0. The summed E-state index contributed by atoms with van der Waals surface area (Å²) in [5, 5.41) is 12.9. The number of nitrogens with zero attached hydrogens (tertiary/aromatic N) is 4. The highest BCUT2D eigenvalue weighted by Gasteiger charge is 2.16. The minimum absolute atomic E-state index is 0.468. The summed E-state index contributed by atoms with van der Waals surface area (Å²) < 4.78 is 6.71. The second-order valence-electron chi connectivity index (χ2n) is 5.96. The first-order valence-electron chi connectivity index (χ1n) is 8.42. The molecule has 0 aliphatic rings. The summed E-state index contributed by atoms with van der Waals surface area (Å²) >= 11 is 15.2. The zero-order valence-corrected chi connectivity index (χ0v) is 18.3. The molecule has 4 rings (SSSR count). The third-order valence-corrected chi connectivity index (χ3v) is 6.52. The second kappa shape index (κ2) is 8.62. The molecule has 0 aliphatic carbocycles. The fourth-order valence-corrected chi connectivity index (χ4v) is 4.79. The summed E-state index contributed by atoms with van der Waals surface area (Å²) in [7, 11) is 1.65. The quantitative estimate of drug-likeness (QED) is 0.305. The second-order valence-corrected chi connectivity index (χ2v) is 8.61. The van der Waals surface area contributed by atoms with E-state index < -0.39 is 0 Å². The van der Waals surface area contributed by atoms with Gasteiger partial charge in [-0.1, -0.05) is 47.1 Å². The molecule has 29 heavy (non-hydrogen) atoms. The van der Waals surface area contributed by atoms with Gasteiger partial charge in [0.05, 0.1) is 17.8 Å². The molecule has 0 radical (unpaired) electrons. The number of ether oxygens (including phenoxy) is 1. The van der Waals surface area contributed by atoms with Crippen LogP contribution in [0.2, 0.25) is 10.0 Å². The highest BCUT2D eigenvalue weighted by atomic mass is 35.5. The molecule has 0 atom stereocenters. The van der Waals surface area contributed by atoms with Gasteiger partial charge in [0.2, 0.25) is 5.16 Å². The van der Waals surface area contributed by atoms with Crippen LogP contribution in [-0.2, 0) is 5.75 Å². The van der Waals surface area contributed by atoms with Gasteiger partial charge in [-0.2, -0.15) is 0 Å². The molecular weight excluding hydrogens is 449 g/mol. The van der Waals surface area contributed by atoms with Crippen LogP contribution in [0, 0.1) is 0 Å². The molecule has 4 aromatic rings. The number of methoxy groups -OCH3 is 1. The molecule has 0 unspecified atom stereocenters. The van der Waals surface area contributed by atoms with Crippen molar-refractivity contribution in [1.82, 2.24) is 19.9 Å². The van der Waals surface area contributed by atoms with Crippen molar-refractivity contribution in [2.75, 3.05) is 13.0 Å². The van der Waals surface area contributed by atoms with Crippen molar-refractivity contribution in [3.8, 4) is 27.7 Å². The van der Waals surface area contributed by atoms with Crippen LogP contribution >= 0.6 is 46.3 Å². The van der Waals surface area contributed by atoms with Crippen LogP contribution < -0.4 is 10.6 Å². The van der Waals surface area contributed by atoms with Crippen molar-refractivity contribution in [2.24, 2.45) is 0 Å². The van der Waals surface area contributed by atoms with Gasteiger partial charge in [-0.05, 0) is 30.3 Å². The van der Waals surface area contributed by atoms with Gasteiger partial charge in [-0.25, -0.2) is 9.66 Å². The summed E-state index contributed by atoms with van der Waals surface area (Å²) in [6.07, 6.45) is 0. The Kier molecular flexibility index (Phi) is 5.96. The fourth-order valence-electron chi connectivity index (χ4n) is 2.63. The van der Waals surface area contributed by atoms with E-state index in [0.29, 0.717) is 32.3 Å². The lowest BCUT2D eigenvalue weighted by molar-refractivity contribution is 0.415. The molecule has 0 bridgehead atoms. The third kappa shape index (κ3) is 4.35. The number of rotatable bonds is 6. The minimum atomic E-state index is 0.468. The topological polar surface area (TPSA) is 78.9 Å². The smallest absolute Gasteiger partial charge is 0.210 e. The van der Waals surface area contributed by atoms with E-state index in [2.05, 4.69) is 10.2 Å². The summed E-state index contributed by atoms with van der Waals surface area (Å²) in [6, 6.07) is 13.0. The number of thiazole rings is 1. The molecule has 0 saturated heterocycles. The molecular formula is C19H15Cl2N5OS2. The van der Waals surface area contributed by atoms with E-state index in [0.717, 1.165) is 22.0 Å². The predicted molar refractivity (Wildman–Crippen MR) is 119 cm³/mol. The average Bonchev–Trinajstić information content (AvgIpc) is 3.34. The molecule has 0 amide bonds. The molecule has 0 saturated carbocycles. The molecule has 2 aromatic heterocycles. The van der Waals surface area contributed by atoms with Gasteiger partial charge in [0, 0.05) is 27.3 Å². The van der Waals surface area contributed by atoms with Crippen molar-refractivity contribution in [1.29, 1.82) is 0 Å². The van der Waals surface area contributed by atoms with E-state index in [9.17, 15) is 0 Å². The Balaban J connectivity index is 1.49. The molecule has 148 valence electrons. The summed E-state index contributed by atoms with van der Waals surface area (Å²) in [5.74, 6) is 8.08. The van der Waals surface area contributed by atoms with Crippen LogP contribution in [0.15, 0.2) is 53.0 Å². The van der Waals surface area contributed by atoms with Gasteiger partial charge in [-0.3, -0.25) is 0 Å². The van der Waals surface area contributed by atoms with E-state index in [4.69, 9.17) is 38.8 Å². The van der Waals surface area contributed by atoms with Gasteiger partial charge in [0.15, 0.2) is 5.82 Å². The number of thioether (sulfide) groups is 1. The lowest BCUT2D eigenvalue weighted by atomic mass is 10.2. The zero-order chi connectivity index (χ0) is 20.4. The van der Waals surface area contributed by atoms with Crippen LogP contribution in [0.3, 0.4) is 0 Å². The van der Waals surface area contributed by atoms with Crippen molar-refractivity contribution in [3.63, 3.8) is 0 Å². The molecule has 0 fully saturated rings. The Labute approximate surface area is 185 Å². The van der Waals surface area contributed by atoms with Gasteiger partial charge in [0.25, 0.3) is 0 Å². The number of benzene rings is 2. The van der Waals surface area contributed by atoms with Crippen LogP contribution in [0.1, 0.15) is 5.69 Å². The highest BCUT2D eigenvalue weighted by molar-refractivity contribution is 7.98. The van der Waals surface area contributed by atoms with Crippen LogP contribution in [-0.4, -0.2) is 27.0 Å². The van der Waals surface area contributed by atoms with E-state index in [-0.39, 0.29) is 0 Å². The molecule has 0 aliphatic heterocycles. The third-order valence-electron chi connectivity index (χ3n) is 4.05. The van der Waals surface area contributed by atoms with E-state index >= 15 is 0 Å². The fraction of sp³-hybridized carbons (Fsp3) is 0.105. The Bertz CT molecular complexity index is 1160. The van der Waals surface area contributed by atoms with E-state index in [1.165, 1.54) is 16.4 Å². The average molecular weight is 464 g/mol. The lowest BCUT2D eigenvalue weighted by Gasteiger charge is -2.05. The largest absolute Gasteiger partial charge is 0.497 e. The van der Waals surface area contributed by atoms with Crippen LogP contribution in [0.25, 0.3) is 22.0 Å². The number of hydrogen-bond donors (Lipinski definition) is 1. The van der Waals surface area contributed by atoms with Crippen molar-refractivity contribution in [3.05, 3.63) is 63.6 Å². The highest BCUT2D eigenvalue weighted by Crippen LogP contribution is 2.32. The first-order chi connectivity index (χ1) is 14.0. The van der Waals surface area contributed by atoms with Crippen LogP contribution in [0.4, 0.5) is 0 Å². The van der Waals surface area contributed by atoms with Gasteiger partial charge in [-0.15, -0.1) is 21.5 Å². The van der Waals surface area contributed by atoms with Gasteiger partial charge in [0.1, 0.15) is 10.8 Å². The monoisotopic (exact) mass is 463 g/mol. The maximum Gasteiger partial charge on any atom is 0.210 e. The normalized spacial score (nSPS) is 11.0. The lowest BCUT2D eigenvalue weighted by Crippen LogP contribution is -2.11. The number of nitrogen functional groups attached to an aromatic ring is 1. The van der Waals surface area contributed by atoms with E-state index in [1.54, 1.807) is 36.6 Å². The van der Waals surface area contributed by atoms with Crippen molar-refractivity contribution < 1.29 is 4.74 Å². The Morgan fingerprint density at radius 1 is 1.17 bits per heavy atom. The number of aromatic nitrogens is 4. The molecule has 10 heteroatoms. The van der Waals surface area contributed by atoms with Crippen LogP contribution in [0.5, 0.6) is 5.75 Å². The Morgan fingerprint density at radius 2 is 2.03 bits per heavy atom. The zero-order valence-electron chi connectivity index (χ0n) is 15.2. The summed E-state index contributed by atoms with van der Waals surface area (Å²) in [5.41, 5.74) is 2.63. The van der Waals surface area contributed by atoms with Crippen molar-refractivity contribution in [2.45, 2.75) is 10.9 Å². The minimum Gasteiger partial charge on any atom is -0.497 e. The van der Waals surface area contributed by atoms with Crippen molar-refractivity contribution >= 4 is 46.3 Å². The number of nitrogens with two attached hydrogens (primary N) is 1. The predicted octanol–water partition coefficient (Wildman–Crippen LogP) is 5.39. The Hall–Kier alpha value is -2.26. The molecule has 2 heterocycles. The number of hydrogen-bond acceptors (Lipinski definition) is 7. The molecule has 6 nitrogen and oxygen atoms in total. The van der Waals surface area contributed by atoms with E-state index in [1.807, 2.05) is 29.6 Å². The maximum atomic E-state index is 6.26. The SMILES string of the molecule is COc1cccc(-c2nc(CSc3nnc(-c4ccc(Cl)cc4Cl)n3N)cs2)c1. The van der Waals surface area contributed by atoms with Gasteiger partial charge >= 0.3 is 0 Å². The number of halogens is 2. The summed E-state index contributed by atoms with van der Waals surface area (Å²) in [6.45, 7) is 0. The van der Waals surface area contributed by atoms with Gasteiger partial charge < -0.3 is 10.6 Å². The summed E-state index contributed by atoms with van der Waals surface area (Å²) in [4.78, 5) is 4.70. The Morgan fingerprint density at radius 3 is 2.83 bits per heavy atom. The maximum absolute atomic E-state index is 6.26.